The van der Waals surface area contributed by atoms with Gasteiger partial charge in [0, 0.05) is 23.6 Å². The molecule has 0 saturated heterocycles. The van der Waals surface area contributed by atoms with Crippen LogP contribution >= 0.6 is 0 Å². The minimum Gasteiger partial charge on any atom is -0.387 e. The van der Waals surface area contributed by atoms with E-state index >= 15 is 0 Å². The Labute approximate surface area is 169 Å². The third-order valence-corrected chi connectivity index (χ3v) is 4.78. The van der Waals surface area contributed by atoms with Crippen LogP contribution in [0.25, 0.3) is 6.08 Å². The van der Waals surface area contributed by atoms with Crippen LogP contribution in [0.1, 0.15) is 46.0 Å². The molecule has 0 saturated carbocycles. The molecule has 0 bridgehead atoms. The fourth-order valence-corrected chi connectivity index (χ4v) is 3.12. The van der Waals surface area contributed by atoms with Crippen LogP contribution in [0, 0.1) is 10.1 Å². The average molecular weight is 387 g/mol. The number of nitro groups is 1. The van der Waals surface area contributed by atoms with Crippen LogP contribution in [0.15, 0.2) is 84.9 Å². The third-order valence-electron chi connectivity index (χ3n) is 4.78. The average Bonchev–Trinajstić information content (AvgIpc) is 2.75. The van der Waals surface area contributed by atoms with Crippen molar-refractivity contribution in [3.8, 4) is 0 Å². The van der Waals surface area contributed by atoms with E-state index in [1.54, 1.807) is 24.3 Å². The first-order valence-electron chi connectivity index (χ1n) is 9.22. The lowest BCUT2D eigenvalue weighted by atomic mass is 9.88. The largest absolute Gasteiger partial charge is 0.387 e. The van der Waals surface area contributed by atoms with Gasteiger partial charge >= 0.3 is 0 Å². The number of hydrogen-bond donors (Lipinski definition) is 1. The van der Waals surface area contributed by atoms with Gasteiger partial charge in [0.2, 0.25) is 0 Å². The molecular weight excluding hydrogens is 366 g/mol. The molecule has 5 heteroatoms. The number of non-ortho nitro benzene ring substituents is 1. The van der Waals surface area contributed by atoms with Gasteiger partial charge in [0.1, 0.15) is 0 Å². The van der Waals surface area contributed by atoms with E-state index in [1.165, 1.54) is 19.1 Å². The number of carbonyl (C=O) groups excluding carboxylic acids is 1. The smallest absolute Gasteiger partial charge is 0.269 e. The maximum Gasteiger partial charge on any atom is 0.269 e. The topological polar surface area (TPSA) is 80.4 Å². The van der Waals surface area contributed by atoms with E-state index in [0.29, 0.717) is 11.1 Å². The van der Waals surface area contributed by atoms with E-state index in [-0.39, 0.29) is 17.4 Å². The molecule has 0 amide bonds. The summed E-state index contributed by atoms with van der Waals surface area (Å²) in [5.41, 5.74) is 3.06. The van der Waals surface area contributed by atoms with Gasteiger partial charge in [-0.1, -0.05) is 66.7 Å². The van der Waals surface area contributed by atoms with E-state index in [4.69, 9.17) is 0 Å². The van der Waals surface area contributed by atoms with Crippen LogP contribution in [0.5, 0.6) is 0 Å². The standard InChI is InChI=1S/C24H21NO4/c1-17(26)19-10-7-18(8-11-19)9-16-23(20-5-3-2-4-6-20)24(27)21-12-14-22(15-13-21)25(28)29/h2-16,23-24,27H,1H3/b16-9-/t23-,24-/m0/s1. The van der Waals surface area contributed by atoms with Crippen molar-refractivity contribution in [3.63, 3.8) is 0 Å². The van der Waals surface area contributed by atoms with Crippen LogP contribution in [-0.2, 0) is 0 Å². The van der Waals surface area contributed by atoms with Gasteiger partial charge in [0.15, 0.2) is 5.78 Å². The summed E-state index contributed by atoms with van der Waals surface area (Å²) in [6.45, 7) is 1.52. The summed E-state index contributed by atoms with van der Waals surface area (Å²) >= 11 is 0. The Balaban J connectivity index is 1.90. The Morgan fingerprint density at radius 3 is 2.10 bits per heavy atom. The highest BCUT2D eigenvalue weighted by molar-refractivity contribution is 5.94. The van der Waals surface area contributed by atoms with E-state index in [0.717, 1.165) is 11.1 Å². The molecule has 3 aromatic carbocycles. The van der Waals surface area contributed by atoms with Gasteiger partial charge in [0.05, 0.1) is 11.0 Å². The van der Waals surface area contributed by atoms with Crippen molar-refractivity contribution < 1.29 is 14.8 Å². The van der Waals surface area contributed by atoms with Gasteiger partial charge in [-0.3, -0.25) is 14.9 Å². The van der Waals surface area contributed by atoms with E-state index in [9.17, 15) is 20.0 Å². The van der Waals surface area contributed by atoms with Crippen molar-refractivity contribution in [2.75, 3.05) is 0 Å². The second-order valence-corrected chi connectivity index (χ2v) is 6.77. The lowest BCUT2D eigenvalue weighted by molar-refractivity contribution is -0.384. The summed E-state index contributed by atoms with van der Waals surface area (Å²) in [6.07, 6.45) is 2.94. The molecular formula is C24H21NO4. The molecule has 0 aliphatic rings. The number of carbonyl (C=O) groups is 1. The van der Waals surface area contributed by atoms with Crippen LogP contribution in [0.4, 0.5) is 5.69 Å². The Bertz CT molecular complexity index is 1010. The fourth-order valence-electron chi connectivity index (χ4n) is 3.12. The molecule has 3 rings (SSSR count). The minimum atomic E-state index is -0.869. The zero-order valence-electron chi connectivity index (χ0n) is 15.9. The zero-order valence-corrected chi connectivity index (χ0v) is 15.9. The highest BCUT2D eigenvalue weighted by Gasteiger charge is 2.21. The monoisotopic (exact) mass is 387 g/mol. The number of nitrogens with zero attached hydrogens (tertiary/aromatic N) is 1. The predicted octanol–water partition coefficient (Wildman–Crippen LogP) is 5.33. The number of hydrogen-bond acceptors (Lipinski definition) is 4. The summed E-state index contributed by atoms with van der Waals surface area (Å²) in [6, 6.07) is 22.8. The number of ketones is 1. The molecule has 0 aliphatic heterocycles. The summed E-state index contributed by atoms with van der Waals surface area (Å²) in [5, 5.41) is 21.9. The molecule has 0 aliphatic carbocycles. The van der Waals surface area contributed by atoms with Gasteiger partial charge in [-0.15, -0.1) is 0 Å². The van der Waals surface area contributed by atoms with Crippen molar-refractivity contribution in [1.29, 1.82) is 0 Å². The Morgan fingerprint density at radius 2 is 1.55 bits per heavy atom. The number of nitro benzene ring substituents is 1. The number of benzene rings is 3. The Hall–Kier alpha value is -3.57. The molecule has 2 atom stereocenters. The predicted molar refractivity (Wildman–Crippen MR) is 113 cm³/mol. The van der Waals surface area contributed by atoms with Crippen LogP contribution in [-0.4, -0.2) is 15.8 Å². The molecule has 0 unspecified atom stereocenters. The van der Waals surface area contributed by atoms with Crippen LogP contribution in [0.2, 0.25) is 0 Å². The zero-order chi connectivity index (χ0) is 20.8. The Kier molecular flexibility index (Phi) is 6.32. The van der Waals surface area contributed by atoms with Crippen LogP contribution in [0.3, 0.4) is 0 Å². The SMILES string of the molecule is CC(=O)c1ccc(/C=C\[C@@H](c2ccccc2)[C@@H](O)c2ccc([N+](=O)[O-])cc2)cc1. The van der Waals surface area contributed by atoms with Gasteiger partial charge in [-0.25, -0.2) is 0 Å². The highest BCUT2D eigenvalue weighted by atomic mass is 16.6. The van der Waals surface area contributed by atoms with E-state index in [2.05, 4.69) is 0 Å². The molecule has 0 radical (unpaired) electrons. The second-order valence-electron chi connectivity index (χ2n) is 6.77. The molecule has 0 heterocycles. The Morgan fingerprint density at radius 1 is 0.931 bits per heavy atom. The third kappa shape index (κ3) is 5.03. The summed E-state index contributed by atoms with van der Waals surface area (Å²) in [5.74, 6) is -0.332. The van der Waals surface area contributed by atoms with Crippen molar-refractivity contribution in [2.24, 2.45) is 0 Å². The van der Waals surface area contributed by atoms with E-state index in [1.807, 2.05) is 54.6 Å². The molecule has 29 heavy (non-hydrogen) atoms. The first-order chi connectivity index (χ1) is 14.0. The van der Waals surface area contributed by atoms with Gasteiger partial charge in [0.25, 0.3) is 5.69 Å². The van der Waals surface area contributed by atoms with Crippen LogP contribution < -0.4 is 0 Å². The lowest BCUT2D eigenvalue weighted by Crippen LogP contribution is -2.09. The molecule has 0 fully saturated rings. The summed E-state index contributed by atoms with van der Waals surface area (Å²) < 4.78 is 0. The number of aliphatic hydroxyl groups excluding tert-OH is 1. The minimum absolute atomic E-state index is 0.0104. The quantitative estimate of drug-likeness (QED) is 0.338. The fraction of sp³-hybridized carbons (Fsp3) is 0.125. The summed E-state index contributed by atoms with van der Waals surface area (Å²) in [7, 11) is 0. The molecule has 0 aromatic heterocycles. The summed E-state index contributed by atoms with van der Waals surface area (Å²) in [4.78, 5) is 21.8. The lowest BCUT2D eigenvalue weighted by Gasteiger charge is -2.21. The van der Waals surface area contributed by atoms with Gasteiger partial charge < -0.3 is 5.11 Å². The van der Waals surface area contributed by atoms with Gasteiger partial charge in [-0.2, -0.15) is 0 Å². The molecule has 0 spiro atoms. The van der Waals surface area contributed by atoms with E-state index < -0.39 is 11.0 Å². The van der Waals surface area contributed by atoms with Gasteiger partial charge in [-0.05, 0) is 35.7 Å². The first-order valence-corrected chi connectivity index (χ1v) is 9.22. The van der Waals surface area contributed by atoms with Crippen molar-refractivity contribution in [1.82, 2.24) is 0 Å². The molecule has 1 N–H and O–H groups in total. The molecule has 5 nitrogen and oxygen atoms in total. The normalized spacial score (nSPS) is 13.2. The second kappa shape index (κ2) is 9.08. The van der Waals surface area contributed by atoms with Crippen molar-refractivity contribution >= 4 is 17.5 Å². The maximum absolute atomic E-state index is 11.4. The first kappa shape index (κ1) is 20.2. The molecule has 146 valence electrons. The number of aliphatic hydroxyl groups is 1. The number of Topliss-reactive ketones (excluding diaryl/α,β-unsaturated/α-hetero) is 1. The maximum atomic E-state index is 11.4. The number of rotatable bonds is 7. The molecule has 3 aromatic rings. The van der Waals surface area contributed by atoms with Crippen molar-refractivity contribution in [2.45, 2.75) is 18.9 Å². The highest BCUT2D eigenvalue weighted by Crippen LogP contribution is 2.33. The van der Waals surface area contributed by atoms with Crippen molar-refractivity contribution in [3.05, 3.63) is 117 Å².